The highest BCUT2D eigenvalue weighted by atomic mass is 16.2. The molecule has 1 spiro atoms. The van der Waals surface area contributed by atoms with Crippen molar-refractivity contribution in [3.8, 4) is 0 Å². The van der Waals surface area contributed by atoms with E-state index in [2.05, 4.69) is 18.7 Å². The first-order valence-electron chi connectivity index (χ1n) is 10.0. The number of likely N-dealkylation sites (tertiary alicyclic amines) is 2. The Morgan fingerprint density at radius 2 is 1.88 bits per heavy atom. The number of carbonyl (C=O) groups is 2. The van der Waals surface area contributed by atoms with Crippen molar-refractivity contribution in [2.45, 2.75) is 52.9 Å². The molecule has 2 amide bonds. The second-order valence-corrected chi connectivity index (χ2v) is 8.69. The van der Waals surface area contributed by atoms with Crippen molar-refractivity contribution in [3.63, 3.8) is 0 Å². The van der Waals surface area contributed by atoms with Crippen LogP contribution in [0.1, 0.15) is 61.9 Å². The Hall–Kier alpha value is -1.84. The van der Waals surface area contributed by atoms with Crippen LogP contribution in [-0.4, -0.2) is 47.8 Å². The maximum absolute atomic E-state index is 12.9. The van der Waals surface area contributed by atoms with Gasteiger partial charge in [-0.25, -0.2) is 0 Å². The first-order valence-corrected chi connectivity index (χ1v) is 10.0. The molecule has 142 valence electrons. The molecule has 3 rings (SSSR count). The van der Waals surface area contributed by atoms with Crippen molar-refractivity contribution >= 4 is 11.8 Å². The number of benzene rings is 1. The molecule has 1 aromatic carbocycles. The Bertz CT molecular complexity index is 653. The Kier molecular flexibility index (Phi) is 5.69. The van der Waals surface area contributed by atoms with Gasteiger partial charge in [-0.05, 0) is 50.7 Å². The minimum atomic E-state index is 0.0868. The highest BCUT2D eigenvalue weighted by Gasteiger charge is 2.42. The summed E-state index contributed by atoms with van der Waals surface area (Å²) in [5.41, 5.74) is 2.03. The van der Waals surface area contributed by atoms with Gasteiger partial charge in [0, 0.05) is 43.6 Å². The maximum atomic E-state index is 12.9. The molecule has 0 radical (unpaired) electrons. The summed E-state index contributed by atoms with van der Waals surface area (Å²) in [5, 5.41) is 0. The molecule has 0 bridgehead atoms. The minimum Gasteiger partial charge on any atom is -0.342 e. The van der Waals surface area contributed by atoms with E-state index < -0.39 is 0 Å². The van der Waals surface area contributed by atoms with E-state index in [4.69, 9.17) is 0 Å². The second-order valence-electron chi connectivity index (χ2n) is 8.69. The van der Waals surface area contributed by atoms with Crippen LogP contribution in [0.15, 0.2) is 24.3 Å². The second kappa shape index (κ2) is 7.81. The van der Waals surface area contributed by atoms with E-state index in [9.17, 15) is 9.59 Å². The molecular formula is C22H32N2O2. The summed E-state index contributed by atoms with van der Waals surface area (Å²) < 4.78 is 0. The van der Waals surface area contributed by atoms with E-state index in [-0.39, 0.29) is 11.3 Å². The van der Waals surface area contributed by atoms with Crippen LogP contribution in [-0.2, 0) is 4.79 Å². The summed E-state index contributed by atoms with van der Waals surface area (Å²) >= 11 is 0. The van der Waals surface area contributed by atoms with Crippen molar-refractivity contribution in [1.82, 2.24) is 9.80 Å². The average molecular weight is 357 g/mol. The summed E-state index contributed by atoms with van der Waals surface area (Å²) in [6.07, 6.45) is 4.75. The van der Waals surface area contributed by atoms with Crippen molar-refractivity contribution in [2.75, 3.05) is 26.2 Å². The predicted molar refractivity (Wildman–Crippen MR) is 104 cm³/mol. The molecule has 0 aliphatic carbocycles. The lowest BCUT2D eigenvalue weighted by atomic mass is 9.73. The lowest BCUT2D eigenvalue weighted by molar-refractivity contribution is -0.139. The zero-order valence-electron chi connectivity index (χ0n) is 16.5. The van der Waals surface area contributed by atoms with Gasteiger partial charge in [-0.3, -0.25) is 9.59 Å². The van der Waals surface area contributed by atoms with E-state index in [1.807, 2.05) is 36.1 Å². The fourth-order valence-corrected chi connectivity index (χ4v) is 4.31. The predicted octanol–water partition coefficient (Wildman–Crippen LogP) is 3.89. The molecule has 4 nitrogen and oxygen atoms in total. The van der Waals surface area contributed by atoms with Gasteiger partial charge in [0.2, 0.25) is 5.91 Å². The zero-order valence-corrected chi connectivity index (χ0v) is 16.5. The molecule has 0 saturated carbocycles. The van der Waals surface area contributed by atoms with Crippen molar-refractivity contribution in [2.24, 2.45) is 11.3 Å². The lowest BCUT2D eigenvalue weighted by Crippen LogP contribution is -2.55. The van der Waals surface area contributed by atoms with Gasteiger partial charge in [0.05, 0.1) is 0 Å². The number of nitrogens with zero attached hydrogens (tertiary/aromatic N) is 2. The summed E-state index contributed by atoms with van der Waals surface area (Å²) in [5.74, 6) is 1.03. The summed E-state index contributed by atoms with van der Waals surface area (Å²) in [7, 11) is 0. The van der Waals surface area contributed by atoms with Gasteiger partial charge in [0.25, 0.3) is 5.91 Å². The number of piperidine rings is 2. The maximum Gasteiger partial charge on any atom is 0.253 e. The molecule has 26 heavy (non-hydrogen) atoms. The molecule has 2 fully saturated rings. The third-order valence-electron chi connectivity index (χ3n) is 5.97. The van der Waals surface area contributed by atoms with Crippen molar-refractivity contribution in [1.29, 1.82) is 0 Å². The molecule has 2 heterocycles. The van der Waals surface area contributed by atoms with Crippen molar-refractivity contribution in [3.05, 3.63) is 35.4 Å². The SMILES string of the molecule is Cc1ccc(C(=O)N2CCC[C@]3(CCC(=O)N(CCC(C)C)C3)C2)cc1. The first kappa shape index (κ1) is 18.9. The largest absolute Gasteiger partial charge is 0.342 e. The van der Waals surface area contributed by atoms with Crippen LogP contribution in [0.25, 0.3) is 0 Å². The highest BCUT2D eigenvalue weighted by molar-refractivity contribution is 5.94. The smallest absolute Gasteiger partial charge is 0.253 e. The molecular weight excluding hydrogens is 324 g/mol. The van der Waals surface area contributed by atoms with Gasteiger partial charge >= 0.3 is 0 Å². The fraction of sp³-hybridized carbons (Fsp3) is 0.636. The molecule has 1 aromatic rings. The van der Waals surface area contributed by atoms with Gasteiger partial charge < -0.3 is 9.80 Å². The Balaban J connectivity index is 1.69. The topological polar surface area (TPSA) is 40.6 Å². The molecule has 1 atom stereocenters. The van der Waals surface area contributed by atoms with Crippen LogP contribution >= 0.6 is 0 Å². The average Bonchev–Trinajstić information content (AvgIpc) is 2.63. The number of aryl methyl sites for hydroxylation is 1. The van der Waals surface area contributed by atoms with Gasteiger partial charge in [-0.2, -0.15) is 0 Å². The fourth-order valence-electron chi connectivity index (χ4n) is 4.31. The van der Waals surface area contributed by atoms with Crippen LogP contribution < -0.4 is 0 Å². The van der Waals surface area contributed by atoms with Crippen LogP contribution in [0, 0.1) is 18.3 Å². The van der Waals surface area contributed by atoms with E-state index >= 15 is 0 Å². The molecule has 2 aliphatic rings. The summed E-state index contributed by atoms with van der Waals surface area (Å²) in [4.78, 5) is 29.4. The summed E-state index contributed by atoms with van der Waals surface area (Å²) in [6, 6.07) is 7.86. The number of amides is 2. The van der Waals surface area contributed by atoms with Crippen LogP contribution in [0.3, 0.4) is 0 Å². The van der Waals surface area contributed by atoms with Gasteiger partial charge in [-0.1, -0.05) is 31.5 Å². The lowest BCUT2D eigenvalue weighted by Gasteiger charge is -2.48. The Labute approximate surface area is 157 Å². The first-order chi connectivity index (χ1) is 12.4. The number of carbonyl (C=O) groups excluding carboxylic acids is 2. The number of hydrogen-bond donors (Lipinski definition) is 0. The zero-order chi connectivity index (χ0) is 18.7. The van der Waals surface area contributed by atoms with E-state index in [1.165, 1.54) is 5.56 Å². The van der Waals surface area contributed by atoms with Gasteiger partial charge in [0.15, 0.2) is 0 Å². The normalized spacial score (nSPS) is 23.8. The van der Waals surface area contributed by atoms with E-state index in [0.717, 1.165) is 57.4 Å². The quantitative estimate of drug-likeness (QED) is 0.821. The van der Waals surface area contributed by atoms with Gasteiger partial charge in [0.1, 0.15) is 0 Å². The molecule has 0 aromatic heterocycles. The number of hydrogen-bond acceptors (Lipinski definition) is 2. The van der Waals surface area contributed by atoms with Crippen LogP contribution in [0.2, 0.25) is 0 Å². The Morgan fingerprint density at radius 1 is 1.15 bits per heavy atom. The standard InChI is InChI=1S/C22H32N2O2/c1-17(2)10-14-23-15-22(12-9-20(23)25)11-4-13-24(16-22)21(26)19-7-5-18(3)6-8-19/h5-8,17H,4,9-16H2,1-3H3/t22-/m1/s1. The van der Waals surface area contributed by atoms with Crippen LogP contribution in [0.5, 0.6) is 0 Å². The summed E-state index contributed by atoms with van der Waals surface area (Å²) in [6.45, 7) is 9.72. The molecule has 4 heteroatoms. The molecule has 0 N–H and O–H groups in total. The van der Waals surface area contributed by atoms with Gasteiger partial charge in [-0.15, -0.1) is 0 Å². The minimum absolute atomic E-state index is 0.0868. The molecule has 0 unspecified atom stereocenters. The molecule has 2 aliphatic heterocycles. The van der Waals surface area contributed by atoms with E-state index in [1.54, 1.807) is 0 Å². The monoisotopic (exact) mass is 356 g/mol. The Morgan fingerprint density at radius 3 is 2.58 bits per heavy atom. The molecule has 2 saturated heterocycles. The third-order valence-corrected chi connectivity index (χ3v) is 5.97. The van der Waals surface area contributed by atoms with E-state index in [0.29, 0.717) is 18.2 Å². The third kappa shape index (κ3) is 4.28. The highest BCUT2D eigenvalue weighted by Crippen LogP contribution is 2.39. The van der Waals surface area contributed by atoms with Crippen molar-refractivity contribution < 1.29 is 9.59 Å². The number of rotatable bonds is 4. The van der Waals surface area contributed by atoms with Crippen LogP contribution in [0.4, 0.5) is 0 Å².